The Morgan fingerprint density at radius 2 is 2.00 bits per heavy atom. The number of nitrogens with one attached hydrogen (secondary N) is 1. The number of nitrogens with zero attached hydrogens (tertiary/aromatic N) is 4. The zero-order valence-corrected chi connectivity index (χ0v) is 14.4. The normalized spacial score (nSPS) is 19.1. The molecule has 0 saturated heterocycles. The van der Waals surface area contributed by atoms with Gasteiger partial charge in [-0.2, -0.15) is 4.98 Å². The summed E-state index contributed by atoms with van der Waals surface area (Å²) in [5.74, 6) is 2.42. The fraction of sp³-hybridized carbons (Fsp3) is 0.368. The maximum absolute atomic E-state index is 9.43. The second-order valence-electron chi connectivity index (χ2n) is 6.59. The second-order valence-corrected chi connectivity index (χ2v) is 6.59. The second kappa shape index (κ2) is 7.61. The van der Waals surface area contributed by atoms with Crippen LogP contribution in [0, 0.1) is 0 Å². The molecule has 26 heavy (non-hydrogen) atoms. The quantitative estimate of drug-likeness (QED) is 0.674. The number of rotatable bonds is 7. The largest absolute Gasteiger partial charge is 0.393 e. The van der Waals surface area contributed by atoms with Crippen molar-refractivity contribution in [2.45, 2.75) is 37.7 Å². The van der Waals surface area contributed by atoms with E-state index in [-0.39, 0.29) is 6.10 Å². The van der Waals surface area contributed by atoms with Crippen molar-refractivity contribution < 1.29 is 9.63 Å². The summed E-state index contributed by atoms with van der Waals surface area (Å²) in [7, 11) is 0. The number of hydrogen-bond donors (Lipinski definition) is 2. The topological polar surface area (TPSA) is 97.0 Å². The van der Waals surface area contributed by atoms with E-state index in [0.717, 1.165) is 29.9 Å². The average Bonchev–Trinajstić information content (AvgIpc) is 3.07. The Kier molecular flexibility index (Phi) is 4.88. The molecule has 1 fully saturated rings. The van der Waals surface area contributed by atoms with Crippen LogP contribution in [0.1, 0.15) is 41.7 Å². The molecule has 0 unspecified atom stereocenters. The summed E-state index contributed by atoms with van der Waals surface area (Å²) >= 11 is 0. The van der Waals surface area contributed by atoms with Gasteiger partial charge in [-0.25, -0.2) is 9.97 Å². The third kappa shape index (κ3) is 4.05. The molecule has 134 valence electrons. The average molecular weight is 351 g/mol. The number of hydrogen-bond acceptors (Lipinski definition) is 7. The third-order valence-electron chi connectivity index (χ3n) is 4.58. The Labute approximate surface area is 151 Å². The van der Waals surface area contributed by atoms with Crippen molar-refractivity contribution in [3.63, 3.8) is 0 Å². The minimum Gasteiger partial charge on any atom is -0.393 e. The molecule has 1 aliphatic carbocycles. The highest BCUT2D eigenvalue weighted by atomic mass is 16.5. The van der Waals surface area contributed by atoms with Gasteiger partial charge in [0.05, 0.1) is 6.10 Å². The molecule has 0 spiro atoms. The third-order valence-corrected chi connectivity index (χ3v) is 4.58. The molecule has 0 aliphatic heterocycles. The summed E-state index contributed by atoms with van der Waals surface area (Å²) in [6.45, 7) is 0.650. The Hall–Kier alpha value is -2.80. The first-order chi connectivity index (χ1) is 12.8. The van der Waals surface area contributed by atoms with E-state index in [0.29, 0.717) is 37.0 Å². The highest BCUT2D eigenvalue weighted by Crippen LogP contribution is 2.35. The first-order valence-electron chi connectivity index (χ1n) is 8.85. The molecule has 1 aromatic carbocycles. The van der Waals surface area contributed by atoms with Crippen LogP contribution >= 0.6 is 0 Å². The highest BCUT2D eigenvalue weighted by molar-refractivity contribution is 5.36. The number of benzene rings is 1. The fourth-order valence-corrected chi connectivity index (χ4v) is 3.06. The lowest BCUT2D eigenvalue weighted by atomic mass is 9.80. The van der Waals surface area contributed by atoms with E-state index in [4.69, 9.17) is 4.52 Å². The van der Waals surface area contributed by atoms with Crippen LogP contribution in [0.5, 0.6) is 0 Å². The van der Waals surface area contributed by atoms with Crippen molar-refractivity contribution in [3.8, 4) is 0 Å². The van der Waals surface area contributed by atoms with Crippen LogP contribution in [0.3, 0.4) is 0 Å². The van der Waals surface area contributed by atoms with E-state index in [9.17, 15) is 5.11 Å². The minimum absolute atomic E-state index is 0.186. The monoisotopic (exact) mass is 351 g/mol. The van der Waals surface area contributed by atoms with Gasteiger partial charge in [-0.05, 0) is 18.4 Å². The van der Waals surface area contributed by atoms with Crippen molar-refractivity contribution in [2.24, 2.45) is 0 Å². The van der Waals surface area contributed by atoms with Gasteiger partial charge in [-0.15, -0.1) is 0 Å². The molecule has 1 saturated carbocycles. The molecule has 4 rings (SSSR count). The Morgan fingerprint density at radius 3 is 2.81 bits per heavy atom. The van der Waals surface area contributed by atoms with Crippen LogP contribution in [0.25, 0.3) is 0 Å². The molecule has 2 N–H and O–H groups in total. The summed E-state index contributed by atoms with van der Waals surface area (Å²) in [4.78, 5) is 13.0. The van der Waals surface area contributed by atoms with Crippen LogP contribution in [0.15, 0.2) is 47.2 Å². The zero-order valence-electron chi connectivity index (χ0n) is 14.4. The van der Waals surface area contributed by atoms with E-state index in [1.807, 2.05) is 36.4 Å². The van der Waals surface area contributed by atoms with E-state index in [2.05, 4.69) is 25.4 Å². The highest BCUT2D eigenvalue weighted by Gasteiger charge is 2.29. The summed E-state index contributed by atoms with van der Waals surface area (Å²) in [5, 5.41) is 16.7. The van der Waals surface area contributed by atoms with Gasteiger partial charge in [-0.1, -0.05) is 35.5 Å². The maximum atomic E-state index is 9.43. The van der Waals surface area contributed by atoms with Crippen LogP contribution in [-0.4, -0.2) is 37.9 Å². The van der Waals surface area contributed by atoms with E-state index in [1.165, 1.54) is 0 Å². The minimum atomic E-state index is -0.186. The van der Waals surface area contributed by atoms with Crippen molar-refractivity contribution in [1.29, 1.82) is 0 Å². The number of aromatic nitrogens is 4. The Balaban J connectivity index is 1.28. The summed E-state index contributed by atoms with van der Waals surface area (Å²) in [6.07, 6.45) is 4.23. The van der Waals surface area contributed by atoms with E-state index in [1.54, 1.807) is 6.33 Å². The molecule has 7 heteroatoms. The molecule has 1 aliphatic rings. The Morgan fingerprint density at radius 1 is 1.15 bits per heavy atom. The van der Waals surface area contributed by atoms with Gasteiger partial charge in [0.2, 0.25) is 5.89 Å². The lowest BCUT2D eigenvalue weighted by Crippen LogP contribution is -2.27. The molecule has 0 atom stereocenters. The van der Waals surface area contributed by atoms with Crippen molar-refractivity contribution in [3.05, 3.63) is 65.7 Å². The van der Waals surface area contributed by atoms with Crippen LogP contribution < -0.4 is 5.32 Å². The molecule has 0 amide bonds. The lowest BCUT2D eigenvalue weighted by Gasteiger charge is -2.30. The SMILES string of the molecule is OC1CC(c2cc(NCCc3nc(Cc4ccccc4)no3)ncn2)C1. The van der Waals surface area contributed by atoms with Crippen molar-refractivity contribution in [2.75, 3.05) is 11.9 Å². The molecule has 2 aromatic heterocycles. The molecule has 2 heterocycles. The fourth-order valence-electron chi connectivity index (χ4n) is 3.06. The van der Waals surface area contributed by atoms with Crippen LogP contribution in [0.2, 0.25) is 0 Å². The van der Waals surface area contributed by atoms with E-state index < -0.39 is 0 Å². The van der Waals surface area contributed by atoms with Gasteiger partial charge in [0.1, 0.15) is 12.1 Å². The maximum Gasteiger partial charge on any atom is 0.228 e. The van der Waals surface area contributed by atoms with Crippen LogP contribution in [0.4, 0.5) is 5.82 Å². The number of anilines is 1. The van der Waals surface area contributed by atoms with Crippen molar-refractivity contribution in [1.82, 2.24) is 20.1 Å². The predicted molar refractivity (Wildman–Crippen MR) is 95.8 cm³/mol. The summed E-state index contributed by atoms with van der Waals surface area (Å²) < 4.78 is 5.31. The molecule has 7 nitrogen and oxygen atoms in total. The standard InChI is InChI=1S/C19H21N5O2/c25-15-9-14(10-15)16-11-17(22-12-21-16)20-7-6-19-23-18(24-26-19)8-13-4-2-1-3-5-13/h1-5,11-12,14-15,25H,6-10H2,(H,20,21,22). The van der Waals surface area contributed by atoms with Gasteiger partial charge in [-0.3, -0.25) is 0 Å². The predicted octanol–water partition coefficient (Wildman–Crippen LogP) is 2.34. The lowest BCUT2D eigenvalue weighted by molar-refractivity contribution is 0.0732. The van der Waals surface area contributed by atoms with E-state index >= 15 is 0 Å². The van der Waals surface area contributed by atoms with Gasteiger partial charge in [0, 0.05) is 37.1 Å². The van der Waals surface area contributed by atoms with Gasteiger partial charge >= 0.3 is 0 Å². The van der Waals surface area contributed by atoms with Crippen molar-refractivity contribution >= 4 is 5.82 Å². The molecule has 0 bridgehead atoms. The molecular formula is C19H21N5O2. The Bertz CT molecular complexity index is 846. The van der Waals surface area contributed by atoms with Crippen LogP contribution in [-0.2, 0) is 12.8 Å². The molecule has 3 aromatic rings. The van der Waals surface area contributed by atoms with Gasteiger partial charge in [0.15, 0.2) is 5.82 Å². The van der Waals surface area contributed by atoms with Gasteiger partial charge < -0.3 is 14.9 Å². The molecule has 0 radical (unpaired) electrons. The zero-order chi connectivity index (χ0) is 17.8. The first-order valence-corrected chi connectivity index (χ1v) is 8.85. The smallest absolute Gasteiger partial charge is 0.228 e. The summed E-state index contributed by atoms with van der Waals surface area (Å²) in [5.41, 5.74) is 2.14. The first kappa shape index (κ1) is 16.7. The number of aliphatic hydroxyl groups excluding tert-OH is 1. The van der Waals surface area contributed by atoms with Gasteiger partial charge in [0.25, 0.3) is 0 Å². The summed E-state index contributed by atoms with van der Waals surface area (Å²) in [6, 6.07) is 12.0. The molecular weight excluding hydrogens is 330 g/mol. The number of aliphatic hydroxyl groups is 1.